The number of halogens is 3. The van der Waals surface area contributed by atoms with Gasteiger partial charge in [-0.05, 0) is 32.0 Å². The van der Waals surface area contributed by atoms with Crippen molar-refractivity contribution >= 4 is 11.6 Å². The Bertz CT molecular complexity index is 769. The minimum absolute atomic E-state index is 0.0359. The third-order valence-corrected chi connectivity index (χ3v) is 3.06. The lowest BCUT2D eigenvalue weighted by atomic mass is 10.2. The predicted molar refractivity (Wildman–Crippen MR) is 82.0 cm³/mol. The van der Waals surface area contributed by atoms with Gasteiger partial charge in [0.25, 0.3) is 0 Å². The number of hydrogen-bond donors (Lipinski definition) is 0. The molecule has 0 spiro atoms. The zero-order valence-electron chi connectivity index (χ0n) is 13.3. The van der Waals surface area contributed by atoms with Crippen molar-refractivity contribution in [1.29, 1.82) is 5.26 Å². The molecule has 126 valence electrons. The summed E-state index contributed by atoms with van der Waals surface area (Å²) >= 11 is 0. The third-order valence-electron chi connectivity index (χ3n) is 3.06. The molecule has 0 atom stereocenters. The molecule has 1 aromatic carbocycles. The quantitative estimate of drug-likeness (QED) is 0.847. The lowest BCUT2D eigenvalue weighted by Gasteiger charge is -2.20. The average molecular weight is 336 g/mol. The van der Waals surface area contributed by atoms with Crippen molar-refractivity contribution in [3.05, 3.63) is 41.6 Å². The minimum Gasteiger partial charge on any atom is -0.474 e. The number of alkyl halides is 3. The molecular weight excluding hydrogens is 321 g/mol. The number of nitriles is 1. The van der Waals surface area contributed by atoms with Gasteiger partial charge in [-0.15, -0.1) is 0 Å². The van der Waals surface area contributed by atoms with Crippen LogP contribution in [0, 0.1) is 11.3 Å². The first kappa shape index (κ1) is 17.5. The molecule has 0 saturated carbocycles. The van der Waals surface area contributed by atoms with Crippen LogP contribution in [0.25, 0.3) is 0 Å². The summed E-state index contributed by atoms with van der Waals surface area (Å²) in [6.45, 7) is 3.23. The second kappa shape index (κ2) is 6.74. The number of ether oxygens (including phenoxy) is 1. The van der Waals surface area contributed by atoms with Crippen molar-refractivity contribution in [3.63, 3.8) is 0 Å². The van der Waals surface area contributed by atoms with Crippen LogP contribution in [-0.2, 0) is 6.18 Å². The molecule has 1 heterocycles. The normalized spacial score (nSPS) is 11.2. The van der Waals surface area contributed by atoms with Gasteiger partial charge < -0.3 is 9.64 Å². The SMILES string of the molecule is CC(C)Oc1nc(N(C)c2cccc(C#N)c2)ncc1C(F)(F)F. The van der Waals surface area contributed by atoms with Crippen LogP contribution in [-0.4, -0.2) is 23.1 Å². The standard InChI is InChI=1S/C16H15F3N4O/c1-10(2)24-14-13(16(17,18)19)9-21-15(22-14)23(3)12-6-4-5-11(7-12)8-20/h4-7,9-10H,1-3H3. The van der Waals surface area contributed by atoms with E-state index < -0.39 is 23.7 Å². The Balaban J connectivity index is 2.45. The maximum atomic E-state index is 13.0. The van der Waals surface area contributed by atoms with Gasteiger partial charge in [0.05, 0.1) is 17.7 Å². The third kappa shape index (κ3) is 3.93. The van der Waals surface area contributed by atoms with Gasteiger partial charge in [-0.2, -0.15) is 23.4 Å². The number of nitrogens with zero attached hydrogens (tertiary/aromatic N) is 4. The lowest BCUT2D eigenvalue weighted by molar-refractivity contribution is -0.139. The first-order valence-corrected chi connectivity index (χ1v) is 7.07. The minimum atomic E-state index is -4.61. The number of benzene rings is 1. The molecule has 0 radical (unpaired) electrons. The van der Waals surface area contributed by atoms with Gasteiger partial charge in [0.15, 0.2) is 0 Å². The molecule has 1 aromatic heterocycles. The molecule has 0 aliphatic heterocycles. The van der Waals surface area contributed by atoms with Crippen molar-refractivity contribution in [3.8, 4) is 11.9 Å². The summed E-state index contributed by atoms with van der Waals surface area (Å²) < 4.78 is 44.3. The Morgan fingerprint density at radius 3 is 2.58 bits per heavy atom. The molecule has 0 aliphatic rings. The van der Waals surface area contributed by atoms with Crippen LogP contribution < -0.4 is 9.64 Å². The van der Waals surface area contributed by atoms with E-state index in [1.165, 1.54) is 4.90 Å². The molecule has 2 rings (SSSR count). The molecule has 2 aromatic rings. The van der Waals surface area contributed by atoms with Crippen LogP contribution in [0.1, 0.15) is 25.0 Å². The van der Waals surface area contributed by atoms with Crippen molar-refractivity contribution in [2.75, 3.05) is 11.9 Å². The number of hydrogen-bond acceptors (Lipinski definition) is 5. The van der Waals surface area contributed by atoms with E-state index in [1.54, 1.807) is 45.2 Å². The Morgan fingerprint density at radius 1 is 1.29 bits per heavy atom. The molecule has 0 bridgehead atoms. The van der Waals surface area contributed by atoms with Crippen LogP contribution in [0.3, 0.4) is 0 Å². The van der Waals surface area contributed by atoms with Crippen molar-refractivity contribution in [1.82, 2.24) is 9.97 Å². The number of rotatable bonds is 4. The van der Waals surface area contributed by atoms with E-state index in [-0.39, 0.29) is 5.95 Å². The van der Waals surface area contributed by atoms with Crippen molar-refractivity contribution in [2.24, 2.45) is 0 Å². The Labute approximate surface area is 137 Å². The second-order valence-electron chi connectivity index (χ2n) is 5.27. The first-order valence-electron chi connectivity index (χ1n) is 7.07. The second-order valence-corrected chi connectivity index (χ2v) is 5.27. The molecule has 0 N–H and O–H groups in total. The van der Waals surface area contributed by atoms with Crippen LogP contribution in [0.4, 0.5) is 24.8 Å². The van der Waals surface area contributed by atoms with E-state index in [0.29, 0.717) is 17.4 Å². The van der Waals surface area contributed by atoms with Gasteiger partial charge in [-0.1, -0.05) is 6.07 Å². The van der Waals surface area contributed by atoms with E-state index in [4.69, 9.17) is 10.00 Å². The van der Waals surface area contributed by atoms with Gasteiger partial charge in [0.1, 0.15) is 5.56 Å². The summed E-state index contributed by atoms with van der Waals surface area (Å²) in [6, 6.07) is 8.58. The van der Waals surface area contributed by atoms with E-state index >= 15 is 0 Å². The highest BCUT2D eigenvalue weighted by Gasteiger charge is 2.36. The molecule has 0 saturated heterocycles. The maximum absolute atomic E-state index is 13.0. The van der Waals surface area contributed by atoms with Crippen LogP contribution in [0.5, 0.6) is 5.88 Å². The highest BCUT2D eigenvalue weighted by Crippen LogP contribution is 2.36. The van der Waals surface area contributed by atoms with Gasteiger partial charge in [-0.25, -0.2) is 4.98 Å². The molecule has 0 amide bonds. The Hall–Kier alpha value is -2.82. The first-order chi connectivity index (χ1) is 11.2. The average Bonchev–Trinajstić information content (AvgIpc) is 2.52. The summed E-state index contributed by atoms with van der Waals surface area (Å²) in [5.41, 5.74) is -0.0339. The Kier molecular flexibility index (Phi) is 4.93. The van der Waals surface area contributed by atoms with Crippen molar-refractivity contribution < 1.29 is 17.9 Å². The van der Waals surface area contributed by atoms with E-state index in [0.717, 1.165) is 0 Å². The van der Waals surface area contributed by atoms with Gasteiger partial charge in [0, 0.05) is 18.9 Å². The van der Waals surface area contributed by atoms with E-state index in [1.807, 2.05) is 6.07 Å². The Morgan fingerprint density at radius 2 is 2.00 bits per heavy atom. The van der Waals surface area contributed by atoms with E-state index in [2.05, 4.69) is 9.97 Å². The number of aromatic nitrogens is 2. The fourth-order valence-corrected chi connectivity index (χ4v) is 1.93. The maximum Gasteiger partial charge on any atom is 0.423 e. The van der Waals surface area contributed by atoms with Crippen LogP contribution in [0.2, 0.25) is 0 Å². The lowest BCUT2D eigenvalue weighted by Crippen LogP contribution is -2.19. The zero-order chi connectivity index (χ0) is 17.9. The fraction of sp³-hybridized carbons (Fsp3) is 0.312. The molecule has 0 unspecified atom stereocenters. The molecule has 8 heteroatoms. The molecule has 24 heavy (non-hydrogen) atoms. The highest BCUT2D eigenvalue weighted by atomic mass is 19.4. The van der Waals surface area contributed by atoms with Gasteiger partial charge in [0.2, 0.25) is 11.8 Å². The number of anilines is 2. The van der Waals surface area contributed by atoms with Gasteiger partial charge in [-0.3, -0.25) is 0 Å². The summed E-state index contributed by atoms with van der Waals surface area (Å²) in [5, 5.41) is 8.94. The zero-order valence-corrected chi connectivity index (χ0v) is 13.3. The molecule has 0 aliphatic carbocycles. The molecular formula is C16H15F3N4O. The molecule has 0 fully saturated rings. The van der Waals surface area contributed by atoms with Gasteiger partial charge >= 0.3 is 6.18 Å². The highest BCUT2D eigenvalue weighted by molar-refractivity contribution is 5.59. The monoisotopic (exact) mass is 336 g/mol. The van der Waals surface area contributed by atoms with Crippen molar-refractivity contribution in [2.45, 2.75) is 26.1 Å². The van der Waals surface area contributed by atoms with Crippen LogP contribution >= 0.6 is 0 Å². The fourth-order valence-electron chi connectivity index (χ4n) is 1.93. The topological polar surface area (TPSA) is 62.0 Å². The summed E-state index contributed by atoms with van der Waals surface area (Å²) in [4.78, 5) is 9.16. The summed E-state index contributed by atoms with van der Waals surface area (Å²) in [5.74, 6) is -0.487. The smallest absolute Gasteiger partial charge is 0.423 e. The molecule has 5 nitrogen and oxygen atoms in total. The summed E-state index contributed by atoms with van der Waals surface area (Å²) in [6.07, 6.45) is -4.38. The largest absolute Gasteiger partial charge is 0.474 e. The predicted octanol–water partition coefficient (Wildman–Crippen LogP) is 3.92. The van der Waals surface area contributed by atoms with Crippen LogP contribution in [0.15, 0.2) is 30.5 Å². The summed E-state index contributed by atoms with van der Waals surface area (Å²) in [7, 11) is 1.60. The van der Waals surface area contributed by atoms with E-state index in [9.17, 15) is 13.2 Å².